The van der Waals surface area contributed by atoms with E-state index in [1.165, 1.54) is 12.1 Å². The van der Waals surface area contributed by atoms with Crippen LogP contribution in [0.25, 0.3) is 0 Å². The average molecular weight is 224 g/mol. The molecule has 1 aromatic carbocycles. The molecule has 0 aliphatic rings. The van der Waals surface area contributed by atoms with E-state index in [2.05, 4.69) is 9.89 Å². The number of guanidine groups is 1. The Hall–Kier alpha value is -1.62. The van der Waals surface area contributed by atoms with Gasteiger partial charge in [0.2, 0.25) is 0 Å². The molecule has 0 aromatic heterocycles. The first kappa shape index (κ1) is 12.4. The van der Waals surface area contributed by atoms with Crippen molar-refractivity contribution in [3.8, 4) is 0 Å². The summed E-state index contributed by atoms with van der Waals surface area (Å²) in [5, 5.41) is 0. The molecule has 1 aromatic rings. The maximum atomic E-state index is 12.7. The highest BCUT2D eigenvalue weighted by molar-refractivity contribution is 5.75. The molecule has 0 amide bonds. The minimum atomic E-state index is -0.216. The zero-order chi connectivity index (χ0) is 12.0. The van der Waals surface area contributed by atoms with E-state index < -0.39 is 0 Å². The van der Waals surface area contributed by atoms with Crippen molar-refractivity contribution < 1.29 is 4.39 Å². The van der Waals surface area contributed by atoms with Gasteiger partial charge in [0.05, 0.1) is 6.54 Å². The average Bonchev–Trinajstić information content (AvgIpc) is 2.21. The van der Waals surface area contributed by atoms with Crippen molar-refractivity contribution in [3.05, 3.63) is 35.6 Å². The fraction of sp³-hybridized carbons (Fsp3) is 0.364. The predicted molar refractivity (Wildman–Crippen MR) is 63.4 cm³/mol. The molecule has 0 bridgehead atoms. The molecule has 0 aliphatic carbocycles. The van der Waals surface area contributed by atoms with Gasteiger partial charge in [-0.1, -0.05) is 12.1 Å². The fourth-order valence-corrected chi connectivity index (χ4v) is 1.33. The van der Waals surface area contributed by atoms with Crippen LogP contribution in [0.15, 0.2) is 29.3 Å². The smallest absolute Gasteiger partial charge is 0.185 e. The molecule has 4 N–H and O–H groups in total. The lowest BCUT2D eigenvalue weighted by Crippen LogP contribution is -2.26. The number of aliphatic imine (C=N–C) groups is 1. The lowest BCUT2D eigenvalue weighted by molar-refractivity contribution is 0.336. The lowest BCUT2D eigenvalue weighted by Gasteiger charge is -2.15. The summed E-state index contributed by atoms with van der Waals surface area (Å²) in [7, 11) is 1.96. The van der Waals surface area contributed by atoms with Gasteiger partial charge in [0.25, 0.3) is 0 Å². The van der Waals surface area contributed by atoms with Gasteiger partial charge in [-0.3, -0.25) is 4.99 Å². The van der Waals surface area contributed by atoms with Crippen molar-refractivity contribution in [1.29, 1.82) is 0 Å². The number of hydrogen-bond acceptors (Lipinski definition) is 2. The van der Waals surface area contributed by atoms with E-state index in [-0.39, 0.29) is 11.8 Å². The summed E-state index contributed by atoms with van der Waals surface area (Å²) in [6.45, 7) is 2.08. The highest BCUT2D eigenvalue weighted by Crippen LogP contribution is 2.05. The van der Waals surface area contributed by atoms with Crippen molar-refractivity contribution in [2.24, 2.45) is 16.5 Å². The molecule has 0 saturated heterocycles. The van der Waals surface area contributed by atoms with E-state index in [4.69, 9.17) is 11.5 Å². The van der Waals surface area contributed by atoms with Gasteiger partial charge in [0.1, 0.15) is 5.82 Å². The highest BCUT2D eigenvalue weighted by Gasteiger charge is 1.99. The lowest BCUT2D eigenvalue weighted by atomic mass is 10.2. The molecular weight excluding hydrogens is 207 g/mol. The summed E-state index contributed by atoms with van der Waals surface area (Å²) in [5.41, 5.74) is 11.5. The number of hydrogen-bond donors (Lipinski definition) is 2. The van der Waals surface area contributed by atoms with Crippen molar-refractivity contribution in [3.63, 3.8) is 0 Å². The van der Waals surface area contributed by atoms with Crippen LogP contribution in [0.5, 0.6) is 0 Å². The summed E-state index contributed by atoms with van der Waals surface area (Å²) in [5.74, 6) is -0.109. The van der Waals surface area contributed by atoms with Gasteiger partial charge in [0.15, 0.2) is 5.96 Å². The van der Waals surface area contributed by atoms with Crippen LogP contribution in [-0.2, 0) is 6.54 Å². The Bertz CT molecular complexity index is 344. The summed E-state index contributed by atoms with van der Waals surface area (Å²) in [6, 6.07) is 6.46. The van der Waals surface area contributed by atoms with Crippen LogP contribution < -0.4 is 11.5 Å². The second-order valence-corrected chi connectivity index (χ2v) is 3.67. The Morgan fingerprint density at radius 1 is 1.31 bits per heavy atom. The zero-order valence-electron chi connectivity index (χ0n) is 9.36. The van der Waals surface area contributed by atoms with Crippen LogP contribution >= 0.6 is 0 Å². The van der Waals surface area contributed by atoms with Gasteiger partial charge in [-0.25, -0.2) is 4.39 Å². The molecule has 1 rings (SSSR count). The number of halogens is 1. The number of likely N-dealkylation sites (N-methyl/N-ethyl adjacent to an activating group) is 1. The van der Waals surface area contributed by atoms with E-state index in [1.807, 2.05) is 7.05 Å². The van der Waals surface area contributed by atoms with Crippen LogP contribution in [0.3, 0.4) is 0 Å². The Morgan fingerprint density at radius 2 is 1.94 bits per heavy atom. The molecule has 0 heterocycles. The molecule has 0 aliphatic heterocycles. The molecular formula is C11H17FN4. The maximum Gasteiger partial charge on any atom is 0.185 e. The Balaban J connectivity index is 2.36. The van der Waals surface area contributed by atoms with Gasteiger partial charge in [0, 0.05) is 13.1 Å². The molecule has 0 atom stereocenters. The van der Waals surface area contributed by atoms with Crippen LogP contribution in [0.2, 0.25) is 0 Å². The number of benzene rings is 1. The first-order valence-electron chi connectivity index (χ1n) is 5.06. The van der Waals surface area contributed by atoms with Gasteiger partial charge in [-0.05, 0) is 24.7 Å². The molecule has 16 heavy (non-hydrogen) atoms. The highest BCUT2D eigenvalue weighted by atomic mass is 19.1. The summed E-state index contributed by atoms with van der Waals surface area (Å²) in [6.07, 6.45) is 0. The Labute approximate surface area is 94.8 Å². The van der Waals surface area contributed by atoms with E-state index in [1.54, 1.807) is 12.1 Å². The minimum Gasteiger partial charge on any atom is -0.370 e. The molecule has 0 radical (unpaired) electrons. The predicted octanol–water partition coefficient (Wildman–Crippen LogP) is 0.531. The SMILES string of the molecule is CN(CCN=C(N)N)Cc1ccc(F)cc1. The normalized spacial score (nSPS) is 10.4. The fourth-order valence-electron chi connectivity index (χ4n) is 1.33. The third-order valence-corrected chi connectivity index (χ3v) is 2.14. The summed E-state index contributed by atoms with van der Waals surface area (Å²) in [4.78, 5) is 5.96. The molecule has 4 nitrogen and oxygen atoms in total. The Morgan fingerprint density at radius 3 is 2.50 bits per heavy atom. The van der Waals surface area contributed by atoms with Crippen LogP contribution in [0, 0.1) is 5.82 Å². The van der Waals surface area contributed by atoms with Crippen molar-refractivity contribution in [2.75, 3.05) is 20.1 Å². The number of nitrogens with two attached hydrogens (primary N) is 2. The largest absolute Gasteiger partial charge is 0.370 e. The van der Waals surface area contributed by atoms with Crippen LogP contribution in [-0.4, -0.2) is 31.0 Å². The van der Waals surface area contributed by atoms with Gasteiger partial charge in [-0.15, -0.1) is 0 Å². The van der Waals surface area contributed by atoms with Crippen molar-refractivity contribution >= 4 is 5.96 Å². The third-order valence-electron chi connectivity index (χ3n) is 2.14. The van der Waals surface area contributed by atoms with E-state index >= 15 is 0 Å². The molecule has 0 spiro atoms. The Kier molecular flexibility index (Phi) is 4.72. The first-order valence-corrected chi connectivity index (χ1v) is 5.06. The molecule has 5 heteroatoms. The third kappa shape index (κ3) is 4.75. The van der Waals surface area contributed by atoms with Gasteiger partial charge in [-0.2, -0.15) is 0 Å². The first-order chi connectivity index (χ1) is 7.58. The second kappa shape index (κ2) is 6.07. The number of rotatable bonds is 5. The molecule has 0 unspecified atom stereocenters. The molecule has 0 saturated carbocycles. The second-order valence-electron chi connectivity index (χ2n) is 3.67. The zero-order valence-corrected chi connectivity index (χ0v) is 9.36. The minimum absolute atomic E-state index is 0.107. The number of nitrogens with zero attached hydrogens (tertiary/aromatic N) is 2. The van der Waals surface area contributed by atoms with Gasteiger partial charge < -0.3 is 16.4 Å². The standard InChI is InChI=1S/C11H17FN4/c1-16(7-6-15-11(13)14)8-9-2-4-10(12)5-3-9/h2-5H,6-8H2,1H3,(H4,13,14,15). The summed E-state index contributed by atoms with van der Waals surface area (Å²) < 4.78 is 12.7. The van der Waals surface area contributed by atoms with Gasteiger partial charge >= 0.3 is 0 Å². The quantitative estimate of drug-likeness (QED) is 0.566. The topological polar surface area (TPSA) is 67.6 Å². The summed E-state index contributed by atoms with van der Waals surface area (Å²) >= 11 is 0. The van der Waals surface area contributed by atoms with E-state index in [0.717, 1.165) is 18.7 Å². The van der Waals surface area contributed by atoms with E-state index in [0.29, 0.717) is 6.54 Å². The van der Waals surface area contributed by atoms with Crippen LogP contribution in [0.1, 0.15) is 5.56 Å². The maximum absolute atomic E-state index is 12.7. The molecule has 0 fully saturated rings. The van der Waals surface area contributed by atoms with Crippen molar-refractivity contribution in [1.82, 2.24) is 4.90 Å². The van der Waals surface area contributed by atoms with Crippen LogP contribution in [0.4, 0.5) is 4.39 Å². The van der Waals surface area contributed by atoms with Crippen molar-refractivity contribution in [2.45, 2.75) is 6.54 Å². The monoisotopic (exact) mass is 224 g/mol. The molecule has 88 valence electrons. The van der Waals surface area contributed by atoms with E-state index in [9.17, 15) is 4.39 Å².